The maximum Gasteiger partial charge on any atom is 0.416 e. The quantitative estimate of drug-likeness (QED) is 0.598. The molecule has 3 rings (SSSR count). The van der Waals surface area contributed by atoms with E-state index in [9.17, 15) is 31.9 Å². The lowest BCUT2D eigenvalue weighted by Crippen LogP contribution is -2.52. The summed E-state index contributed by atoms with van der Waals surface area (Å²) >= 11 is 0. The van der Waals surface area contributed by atoms with Crippen LogP contribution in [0.4, 0.5) is 23.2 Å². The maximum atomic E-state index is 14.4. The summed E-state index contributed by atoms with van der Waals surface area (Å²) in [6, 6.07) is -0.299. The first-order valence-electron chi connectivity index (χ1n) is 10.9. The van der Waals surface area contributed by atoms with Crippen LogP contribution in [0.2, 0.25) is 0 Å². The van der Waals surface area contributed by atoms with Crippen molar-refractivity contribution in [3.8, 4) is 0 Å². The summed E-state index contributed by atoms with van der Waals surface area (Å²) in [5.41, 5.74) is 0.959. The van der Waals surface area contributed by atoms with E-state index in [1.807, 2.05) is 0 Å². The molecule has 0 aromatic heterocycles. The lowest BCUT2D eigenvalue weighted by Gasteiger charge is -2.29. The second-order valence-electron chi connectivity index (χ2n) is 8.50. The zero-order chi connectivity index (χ0) is 25.9. The molecular weight excluding hydrogens is 420 g/mol. The van der Waals surface area contributed by atoms with Crippen LogP contribution in [0.1, 0.15) is 41.9 Å². The van der Waals surface area contributed by atoms with Crippen LogP contribution in [-0.2, 0) is 26.0 Å². The summed E-state index contributed by atoms with van der Waals surface area (Å²) in [6.07, 6.45) is -5.54. The van der Waals surface area contributed by atoms with Crippen LogP contribution in [0.5, 0.6) is 0 Å². The van der Waals surface area contributed by atoms with Crippen molar-refractivity contribution in [2.45, 2.75) is 56.0 Å². The number of fused-ring (bicyclic) bond motifs is 2. The minimum atomic E-state index is -4.66. The van der Waals surface area contributed by atoms with Gasteiger partial charge in [-0.2, -0.15) is 13.2 Å². The Morgan fingerprint density at radius 3 is 2.61 bits per heavy atom. The molecule has 4 N–H and O–H groups in total. The third kappa shape index (κ3) is 4.10. The van der Waals surface area contributed by atoms with Gasteiger partial charge in [0.2, 0.25) is 17.7 Å². The molecule has 31 heavy (non-hydrogen) atoms. The Kier molecular flexibility index (Phi) is 4.58. The minimum absolute atomic E-state index is 0.112. The van der Waals surface area contributed by atoms with Gasteiger partial charge in [-0.1, -0.05) is 6.07 Å². The summed E-state index contributed by atoms with van der Waals surface area (Å²) < 4.78 is 75.9. The molecule has 2 aliphatic rings. The van der Waals surface area contributed by atoms with E-state index in [4.69, 9.17) is 9.85 Å². The Balaban J connectivity index is 2.01. The lowest BCUT2D eigenvalue weighted by atomic mass is 9.79. The third-order valence-corrected chi connectivity index (χ3v) is 5.68. The fourth-order valence-electron chi connectivity index (χ4n) is 4.24. The number of likely N-dealkylation sites (tertiary alicyclic amines) is 1. The monoisotopic (exact) mass is 447 g/mol. The van der Waals surface area contributed by atoms with Crippen molar-refractivity contribution < 1.29 is 36.1 Å². The summed E-state index contributed by atoms with van der Waals surface area (Å²) in [5.74, 6) is -2.68. The molecule has 1 aromatic carbocycles. The lowest BCUT2D eigenvalue weighted by molar-refractivity contribution is -0.139. The number of alkyl halides is 4. The number of hydrogen-bond acceptors (Lipinski definition) is 4. The van der Waals surface area contributed by atoms with Crippen LogP contribution in [0.25, 0.3) is 0 Å². The number of benzene rings is 1. The van der Waals surface area contributed by atoms with Crippen molar-refractivity contribution in [2.75, 3.05) is 18.8 Å². The van der Waals surface area contributed by atoms with Crippen LogP contribution in [0.3, 0.4) is 0 Å². The van der Waals surface area contributed by atoms with Gasteiger partial charge in [-0.05, 0) is 44.9 Å². The molecule has 0 saturated carbocycles. The van der Waals surface area contributed by atoms with E-state index >= 15 is 0 Å². The molecule has 170 valence electrons. The fourth-order valence-corrected chi connectivity index (χ4v) is 4.24. The molecule has 1 aromatic rings. The molecule has 3 atom stereocenters. The minimum Gasteiger partial charge on any atom is -0.368 e. The number of nitrogens with zero attached hydrogens (tertiary/aromatic N) is 1. The van der Waals surface area contributed by atoms with E-state index in [2.05, 4.69) is 10.6 Å². The molecular formula is C20H24F4N4O3. The number of carbonyl (C=O) groups is 3. The second-order valence-corrected chi connectivity index (χ2v) is 8.50. The van der Waals surface area contributed by atoms with Crippen molar-refractivity contribution in [2.24, 2.45) is 5.73 Å². The van der Waals surface area contributed by atoms with Crippen LogP contribution < -0.4 is 16.4 Å². The van der Waals surface area contributed by atoms with Gasteiger partial charge in [-0.15, -0.1) is 0 Å². The van der Waals surface area contributed by atoms with Crippen molar-refractivity contribution in [3.63, 3.8) is 0 Å². The number of amides is 3. The first-order chi connectivity index (χ1) is 15.3. The Morgan fingerprint density at radius 1 is 1.39 bits per heavy atom. The number of nitrogens with two attached hydrogens (primary N) is 1. The predicted molar refractivity (Wildman–Crippen MR) is 104 cm³/mol. The van der Waals surface area contributed by atoms with Crippen molar-refractivity contribution >= 4 is 23.4 Å². The molecule has 1 fully saturated rings. The molecule has 1 saturated heterocycles. The smallest absolute Gasteiger partial charge is 0.368 e. The first-order valence-corrected chi connectivity index (χ1v) is 9.44. The zero-order valence-corrected chi connectivity index (χ0v) is 16.8. The number of anilines is 1. The first kappa shape index (κ1) is 19.0. The average molecular weight is 447 g/mol. The van der Waals surface area contributed by atoms with E-state index < -0.39 is 72.6 Å². The summed E-state index contributed by atoms with van der Waals surface area (Å²) in [7, 11) is 0. The summed E-state index contributed by atoms with van der Waals surface area (Å²) in [6.45, 7) is -0.985. The Labute approximate surface area is 180 Å². The highest BCUT2D eigenvalue weighted by molar-refractivity contribution is 6.08. The SMILES string of the molecule is [2H]C([2H])([2H])N[C@@H](CC(C)(C)F)C(=O)N1C[C@]2(C[C@H]1C(N)=O)C(=O)Nc1cc(C(F)(F)F)ccc12. The van der Waals surface area contributed by atoms with Crippen LogP contribution in [0, 0.1) is 0 Å². The van der Waals surface area contributed by atoms with E-state index in [0.29, 0.717) is 0 Å². The molecule has 1 spiro atoms. The molecule has 3 amide bonds. The Hall–Kier alpha value is -2.69. The molecule has 7 nitrogen and oxygen atoms in total. The van der Waals surface area contributed by atoms with Gasteiger partial charge in [0.25, 0.3) is 0 Å². The second kappa shape index (κ2) is 7.47. The molecule has 11 heteroatoms. The topological polar surface area (TPSA) is 105 Å². The van der Waals surface area contributed by atoms with Crippen molar-refractivity contribution in [1.82, 2.24) is 10.2 Å². The number of nitrogens with one attached hydrogen (secondary N) is 2. The van der Waals surface area contributed by atoms with E-state index in [-0.39, 0.29) is 17.7 Å². The van der Waals surface area contributed by atoms with Crippen LogP contribution in [-0.4, -0.2) is 53.9 Å². The van der Waals surface area contributed by atoms with Gasteiger partial charge >= 0.3 is 6.18 Å². The van der Waals surface area contributed by atoms with Gasteiger partial charge in [0.1, 0.15) is 11.7 Å². The number of likely N-dealkylation sites (N-methyl/N-ethyl adjacent to an activating group) is 1. The van der Waals surface area contributed by atoms with Gasteiger partial charge in [-0.25, -0.2) is 4.39 Å². The van der Waals surface area contributed by atoms with E-state index in [0.717, 1.165) is 36.9 Å². The number of carbonyl (C=O) groups excluding carboxylic acids is 3. The zero-order valence-electron chi connectivity index (χ0n) is 19.8. The molecule has 2 aliphatic heterocycles. The van der Waals surface area contributed by atoms with Crippen molar-refractivity contribution in [1.29, 1.82) is 0 Å². The van der Waals surface area contributed by atoms with Gasteiger partial charge in [-0.3, -0.25) is 14.4 Å². The molecule has 0 unspecified atom stereocenters. The van der Waals surface area contributed by atoms with E-state index in [1.165, 1.54) is 0 Å². The number of halogens is 4. The number of primary amides is 1. The summed E-state index contributed by atoms with van der Waals surface area (Å²) in [4.78, 5) is 39.4. The fraction of sp³-hybridized carbons (Fsp3) is 0.550. The highest BCUT2D eigenvalue weighted by Crippen LogP contribution is 2.48. The Morgan fingerprint density at radius 2 is 2.06 bits per heavy atom. The third-order valence-electron chi connectivity index (χ3n) is 5.68. The summed E-state index contributed by atoms with van der Waals surface area (Å²) in [5, 5.41) is 4.45. The van der Waals surface area contributed by atoms with Gasteiger partial charge < -0.3 is 21.3 Å². The molecule has 0 radical (unpaired) electrons. The highest BCUT2D eigenvalue weighted by Gasteiger charge is 2.58. The van der Waals surface area contributed by atoms with Gasteiger partial charge in [0.05, 0.1) is 17.0 Å². The Bertz CT molecular complexity index is 1010. The van der Waals surface area contributed by atoms with E-state index in [1.54, 1.807) is 0 Å². The molecule has 0 bridgehead atoms. The number of hydrogen-bond donors (Lipinski definition) is 3. The molecule has 2 heterocycles. The highest BCUT2D eigenvalue weighted by atomic mass is 19.4. The normalized spacial score (nSPS) is 26.1. The van der Waals surface area contributed by atoms with Crippen LogP contribution in [0.15, 0.2) is 18.2 Å². The average Bonchev–Trinajstić information content (AvgIpc) is 3.17. The maximum absolute atomic E-state index is 14.4. The van der Waals surface area contributed by atoms with Gasteiger partial charge in [0.15, 0.2) is 0 Å². The van der Waals surface area contributed by atoms with Crippen molar-refractivity contribution in [3.05, 3.63) is 29.3 Å². The van der Waals surface area contributed by atoms with Gasteiger partial charge in [0, 0.05) is 22.8 Å². The van der Waals surface area contributed by atoms with Crippen LogP contribution >= 0.6 is 0 Å². The molecule has 0 aliphatic carbocycles. The predicted octanol–water partition coefficient (Wildman–Crippen LogP) is 1.71. The standard InChI is InChI=1S/C20H24F4N4O3/c1-18(2,21)7-13(26-3)16(30)28-9-19(8-14(28)15(25)29)11-5-4-10(20(22,23)24)6-12(11)27-17(19)31/h4-6,13-14,26H,7-9H2,1-3H3,(H2,25,29)(H,27,31)/t13-,14-,19-/m0/s1/i3D3. The number of rotatable bonds is 5. The largest absolute Gasteiger partial charge is 0.416 e.